The number of aromatic amines is 1. The molecule has 0 radical (unpaired) electrons. The molecule has 1 aromatic heterocycles. The molecular formula is C13H13NO3. The molecule has 1 heterocycles. The second kappa shape index (κ2) is 4.05. The van der Waals surface area contributed by atoms with Crippen LogP contribution in [0, 0.1) is 6.92 Å². The Labute approximate surface area is 98.6 Å². The number of esters is 1. The third kappa shape index (κ3) is 1.71. The number of Topliss-reactive ketones (excluding diaryl/α,β-unsaturated/α-hetero) is 1. The van der Waals surface area contributed by atoms with Gasteiger partial charge in [0.15, 0.2) is 5.78 Å². The minimum atomic E-state index is -0.423. The van der Waals surface area contributed by atoms with Crippen LogP contribution in [0.4, 0.5) is 0 Å². The summed E-state index contributed by atoms with van der Waals surface area (Å²) in [6.45, 7) is 3.32. The van der Waals surface area contributed by atoms with E-state index in [1.807, 2.05) is 13.0 Å². The van der Waals surface area contributed by atoms with Crippen LogP contribution in [-0.2, 0) is 4.74 Å². The minimum absolute atomic E-state index is 0.0809. The number of carbonyl (C=O) groups excluding carboxylic acids is 2. The lowest BCUT2D eigenvalue weighted by Gasteiger charge is -2.08. The lowest BCUT2D eigenvalue weighted by molar-refractivity contribution is 0.0600. The van der Waals surface area contributed by atoms with E-state index in [4.69, 9.17) is 4.74 Å². The van der Waals surface area contributed by atoms with Crippen molar-refractivity contribution in [1.82, 2.24) is 4.98 Å². The molecular weight excluding hydrogens is 218 g/mol. The topological polar surface area (TPSA) is 59.2 Å². The summed E-state index contributed by atoms with van der Waals surface area (Å²) in [5.74, 6) is -0.504. The van der Waals surface area contributed by atoms with Crippen LogP contribution in [0.2, 0.25) is 0 Å². The van der Waals surface area contributed by atoms with Crippen LogP contribution in [0.25, 0.3) is 10.9 Å². The molecule has 0 atom stereocenters. The van der Waals surface area contributed by atoms with Crippen LogP contribution in [0.1, 0.15) is 33.2 Å². The first-order valence-electron chi connectivity index (χ1n) is 5.26. The maximum atomic E-state index is 11.6. The Bertz CT molecular complexity index is 610. The molecule has 2 rings (SSSR count). The van der Waals surface area contributed by atoms with Crippen molar-refractivity contribution in [3.05, 3.63) is 35.0 Å². The van der Waals surface area contributed by atoms with Gasteiger partial charge in [-0.25, -0.2) is 4.79 Å². The second-order valence-corrected chi connectivity index (χ2v) is 3.91. The van der Waals surface area contributed by atoms with Gasteiger partial charge in [-0.1, -0.05) is 0 Å². The highest BCUT2D eigenvalue weighted by Gasteiger charge is 2.17. The monoisotopic (exact) mass is 231 g/mol. The molecule has 0 aliphatic rings. The molecule has 0 unspecified atom stereocenters. The number of aromatic nitrogens is 1. The number of carbonyl (C=O) groups is 2. The molecule has 4 nitrogen and oxygen atoms in total. The van der Waals surface area contributed by atoms with Gasteiger partial charge in [0.05, 0.1) is 18.2 Å². The van der Waals surface area contributed by atoms with Gasteiger partial charge in [-0.15, -0.1) is 0 Å². The first-order chi connectivity index (χ1) is 8.06. The zero-order valence-corrected chi connectivity index (χ0v) is 9.96. The number of benzene rings is 1. The number of hydrogen-bond donors (Lipinski definition) is 1. The molecule has 4 heteroatoms. The van der Waals surface area contributed by atoms with Crippen molar-refractivity contribution in [3.8, 4) is 0 Å². The van der Waals surface area contributed by atoms with Gasteiger partial charge in [0, 0.05) is 17.1 Å². The molecule has 0 saturated heterocycles. The molecule has 0 amide bonds. The molecule has 17 heavy (non-hydrogen) atoms. The predicted molar refractivity (Wildman–Crippen MR) is 64.4 cm³/mol. The average molecular weight is 231 g/mol. The van der Waals surface area contributed by atoms with Gasteiger partial charge in [0.1, 0.15) is 0 Å². The Hall–Kier alpha value is -2.10. The summed E-state index contributed by atoms with van der Waals surface area (Å²) < 4.78 is 4.72. The molecule has 0 aliphatic carbocycles. The van der Waals surface area contributed by atoms with Crippen molar-refractivity contribution in [2.45, 2.75) is 13.8 Å². The zero-order valence-electron chi connectivity index (χ0n) is 9.96. The fourth-order valence-corrected chi connectivity index (χ4v) is 1.97. The van der Waals surface area contributed by atoms with Crippen LogP contribution in [0.3, 0.4) is 0 Å². The van der Waals surface area contributed by atoms with Gasteiger partial charge < -0.3 is 9.72 Å². The number of ketones is 1. The van der Waals surface area contributed by atoms with E-state index in [1.165, 1.54) is 14.0 Å². The minimum Gasteiger partial charge on any atom is -0.465 e. The summed E-state index contributed by atoms with van der Waals surface area (Å²) in [5.41, 5.74) is 2.53. The molecule has 0 bridgehead atoms. The van der Waals surface area contributed by atoms with E-state index < -0.39 is 5.97 Å². The van der Waals surface area contributed by atoms with Gasteiger partial charge >= 0.3 is 5.97 Å². The van der Waals surface area contributed by atoms with E-state index in [0.717, 1.165) is 16.5 Å². The van der Waals surface area contributed by atoms with Gasteiger partial charge in [-0.3, -0.25) is 4.79 Å². The Morgan fingerprint density at radius 3 is 2.59 bits per heavy atom. The standard InChI is InChI=1S/C13H13NO3/c1-7-9-4-5-14-12(9)11(8(2)15)6-10(7)13(16)17-3/h4-6,14H,1-3H3. The zero-order chi connectivity index (χ0) is 12.6. The third-order valence-electron chi connectivity index (χ3n) is 2.90. The van der Waals surface area contributed by atoms with E-state index in [-0.39, 0.29) is 5.78 Å². The SMILES string of the molecule is COC(=O)c1cc(C(C)=O)c2[nH]ccc2c1C. The molecule has 0 spiro atoms. The molecule has 0 aliphatic heterocycles. The smallest absolute Gasteiger partial charge is 0.338 e. The summed E-state index contributed by atoms with van der Waals surface area (Å²) >= 11 is 0. The first-order valence-corrected chi connectivity index (χ1v) is 5.26. The Morgan fingerprint density at radius 2 is 2.00 bits per heavy atom. The summed E-state index contributed by atoms with van der Waals surface area (Å²) in [6, 6.07) is 3.44. The molecule has 88 valence electrons. The first kappa shape index (κ1) is 11.4. The summed E-state index contributed by atoms with van der Waals surface area (Å²) in [5, 5.41) is 0.873. The molecule has 0 fully saturated rings. The van der Waals surface area contributed by atoms with Gasteiger partial charge in [0.2, 0.25) is 0 Å². The van der Waals surface area contributed by atoms with E-state index in [1.54, 1.807) is 12.3 Å². The van der Waals surface area contributed by atoms with E-state index in [0.29, 0.717) is 11.1 Å². The number of rotatable bonds is 2. The van der Waals surface area contributed by atoms with Gasteiger partial charge in [-0.2, -0.15) is 0 Å². The van der Waals surface area contributed by atoms with Crippen molar-refractivity contribution in [2.75, 3.05) is 7.11 Å². The lowest BCUT2D eigenvalue weighted by atomic mass is 9.98. The van der Waals surface area contributed by atoms with Crippen LogP contribution in [-0.4, -0.2) is 23.8 Å². The highest BCUT2D eigenvalue weighted by atomic mass is 16.5. The van der Waals surface area contributed by atoms with Crippen LogP contribution < -0.4 is 0 Å². The number of methoxy groups -OCH3 is 1. The van der Waals surface area contributed by atoms with Crippen molar-refractivity contribution < 1.29 is 14.3 Å². The quantitative estimate of drug-likeness (QED) is 0.638. The van der Waals surface area contributed by atoms with Gasteiger partial charge in [-0.05, 0) is 31.5 Å². The molecule has 0 saturated carbocycles. The number of aryl methyl sites for hydroxylation is 1. The normalized spacial score (nSPS) is 10.5. The Balaban J connectivity index is 2.82. The Kier molecular flexibility index (Phi) is 2.71. The number of ether oxygens (including phenoxy) is 1. The molecule has 1 aromatic carbocycles. The molecule has 1 N–H and O–H groups in total. The average Bonchev–Trinajstić information content (AvgIpc) is 2.77. The summed E-state index contributed by atoms with van der Waals surface area (Å²) in [6.07, 6.45) is 1.76. The van der Waals surface area contributed by atoms with Crippen LogP contribution in [0.15, 0.2) is 18.3 Å². The highest BCUT2D eigenvalue weighted by Crippen LogP contribution is 2.25. The third-order valence-corrected chi connectivity index (χ3v) is 2.90. The van der Waals surface area contributed by atoms with Crippen molar-refractivity contribution in [3.63, 3.8) is 0 Å². The van der Waals surface area contributed by atoms with Crippen molar-refractivity contribution in [1.29, 1.82) is 0 Å². The van der Waals surface area contributed by atoms with Crippen molar-refractivity contribution >= 4 is 22.7 Å². The van der Waals surface area contributed by atoms with E-state index in [2.05, 4.69) is 4.98 Å². The largest absolute Gasteiger partial charge is 0.465 e. The number of H-pyrrole nitrogens is 1. The fraction of sp³-hybridized carbons (Fsp3) is 0.231. The summed E-state index contributed by atoms with van der Waals surface area (Å²) in [7, 11) is 1.33. The Morgan fingerprint density at radius 1 is 1.29 bits per heavy atom. The highest BCUT2D eigenvalue weighted by molar-refractivity contribution is 6.10. The number of fused-ring (bicyclic) bond motifs is 1. The predicted octanol–water partition coefficient (Wildman–Crippen LogP) is 2.47. The number of hydrogen-bond acceptors (Lipinski definition) is 3. The number of nitrogens with one attached hydrogen (secondary N) is 1. The molecule has 2 aromatic rings. The van der Waals surface area contributed by atoms with E-state index >= 15 is 0 Å². The van der Waals surface area contributed by atoms with Crippen LogP contribution >= 0.6 is 0 Å². The lowest BCUT2D eigenvalue weighted by Crippen LogP contribution is -2.07. The van der Waals surface area contributed by atoms with Crippen molar-refractivity contribution in [2.24, 2.45) is 0 Å². The van der Waals surface area contributed by atoms with Crippen LogP contribution in [0.5, 0.6) is 0 Å². The summed E-state index contributed by atoms with van der Waals surface area (Å²) in [4.78, 5) is 26.2. The maximum Gasteiger partial charge on any atom is 0.338 e. The van der Waals surface area contributed by atoms with Gasteiger partial charge in [0.25, 0.3) is 0 Å². The van der Waals surface area contributed by atoms with E-state index in [9.17, 15) is 9.59 Å². The maximum absolute atomic E-state index is 11.6. The second-order valence-electron chi connectivity index (χ2n) is 3.91. The fourth-order valence-electron chi connectivity index (χ4n) is 1.97.